The van der Waals surface area contributed by atoms with Crippen LogP contribution in [0.15, 0.2) is 53.4 Å². The molecule has 0 radical (unpaired) electrons. The maximum Gasteiger partial charge on any atom is 0.243 e. The summed E-state index contributed by atoms with van der Waals surface area (Å²) in [7, 11) is -4.05. The topological polar surface area (TPSA) is 49.4 Å². The molecule has 1 saturated heterocycles. The van der Waals surface area contributed by atoms with Gasteiger partial charge >= 0.3 is 0 Å². The summed E-state index contributed by atoms with van der Waals surface area (Å²) in [6, 6.07) is 12.6. The molecule has 2 aromatic rings. The average Bonchev–Trinajstić information content (AvgIpc) is 2.64. The van der Waals surface area contributed by atoms with E-state index in [4.69, 9.17) is 0 Å². The molecular weight excluding hydrogens is 358 g/mol. The van der Waals surface area contributed by atoms with Gasteiger partial charge in [-0.1, -0.05) is 30.3 Å². The standard InChI is InChI=1S/C19H22F2N2O2S/c20-17-6-7-18(21)19(12-17)26(24,25)22-13-15-8-10-23(11-9-15)14-16-4-2-1-3-5-16/h1-7,12,15,22H,8-11,13-14H2. The third-order valence-corrected chi connectivity index (χ3v) is 6.14. The monoisotopic (exact) mass is 380 g/mol. The van der Waals surface area contributed by atoms with Gasteiger partial charge in [0.05, 0.1) is 0 Å². The molecule has 0 atom stereocenters. The molecule has 1 fully saturated rings. The van der Waals surface area contributed by atoms with Gasteiger partial charge in [-0.15, -0.1) is 0 Å². The molecule has 0 amide bonds. The highest BCUT2D eigenvalue weighted by atomic mass is 32.2. The molecule has 0 aliphatic carbocycles. The molecule has 0 spiro atoms. The van der Waals surface area contributed by atoms with E-state index in [1.807, 2.05) is 18.2 Å². The Kier molecular flexibility index (Phi) is 6.01. The van der Waals surface area contributed by atoms with Crippen LogP contribution < -0.4 is 4.72 Å². The second-order valence-electron chi connectivity index (χ2n) is 6.63. The van der Waals surface area contributed by atoms with Crippen LogP contribution in [0.1, 0.15) is 18.4 Å². The van der Waals surface area contributed by atoms with Crippen LogP contribution in [-0.4, -0.2) is 33.0 Å². The van der Waals surface area contributed by atoms with Crippen molar-refractivity contribution in [1.82, 2.24) is 9.62 Å². The summed E-state index contributed by atoms with van der Waals surface area (Å²) < 4.78 is 53.8. The highest BCUT2D eigenvalue weighted by molar-refractivity contribution is 7.89. The number of benzene rings is 2. The van der Waals surface area contributed by atoms with Gasteiger partial charge in [0.15, 0.2) is 0 Å². The van der Waals surface area contributed by atoms with E-state index in [0.717, 1.165) is 44.6 Å². The van der Waals surface area contributed by atoms with Gasteiger partial charge in [0, 0.05) is 13.1 Å². The molecule has 0 unspecified atom stereocenters. The number of rotatable bonds is 6. The summed E-state index contributed by atoms with van der Waals surface area (Å²) in [5, 5.41) is 0. The Morgan fingerprint density at radius 3 is 2.42 bits per heavy atom. The van der Waals surface area contributed by atoms with Crippen molar-refractivity contribution < 1.29 is 17.2 Å². The summed E-state index contributed by atoms with van der Waals surface area (Å²) in [5.74, 6) is -1.54. The van der Waals surface area contributed by atoms with E-state index in [1.165, 1.54) is 5.56 Å². The van der Waals surface area contributed by atoms with Gasteiger partial charge in [-0.05, 0) is 55.6 Å². The highest BCUT2D eigenvalue weighted by Gasteiger charge is 2.24. The Hall–Kier alpha value is -1.83. The molecule has 1 heterocycles. The van der Waals surface area contributed by atoms with Crippen LogP contribution >= 0.6 is 0 Å². The minimum atomic E-state index is -4.05. The summed E-state index contributed by atoms with van der Waals surface area (Å²) in [5.41, 5.74) is 1.26. The smallest absolute Gasteiger partial charge is 0.243 e. The zero-order valence-electron chi connectivity index (χ0n) is 14.4. The van der Waals surface area contributed by atoms with E-state index >= 15 is 0 Å². The van der Waals surface area contributed by atoms with Crippen LogP contribution in [0, 0.1) is 17.6 Å². The van der Waals surface area contributed by atoms with E-state index in [9.17, 15) is 17.2 Å². The molecule has 1 aliphatic heterocycles. The largest absolute Gasteiger partial charge is 0.299 e. The Morgan fingerprint density at radius 2 is 1.73 bits per heavy atom. The molecule has 0 bridgehead atoms. The molecule has 0 saturated carbocycles. The number of nitrogens with zero attached hydrogens (tertiary/aromatic N) is 1. The van der Waals surface area contributed by atoms with Crippen molar-refractivity contribution in [1.29, 1.82) is 0 Å². The van der Waals surface area contributed by atoms with Crippen LogP contribution in [0.4, 0.5) is 8.78 Å². The molecule has 1 N–H and O–H groups in total. The second-order valence-corrected chi connectivity index (χ2v) is 8.37. The van der Waals surface area contributed by atoms with Gasteiger partial charge in [0.25, 0.3) is 0 Å². The van der Waals surface area contributed by atoms with Crippen LogP contribution in [0.25, 0.3) is 0 Å². The number of halogens is 2. The van der Waals surface area contributed by atoms with Crippen molar-refractivity contribution in [3.63, 3.8) is 0 Å². The average molecular weight is 380 g/mol. The van der Waals surface area contributed by atoms with Crippen molar-refractivity contribution in [2.75, 3.05) is 19.6 Å². The van der Waals surface area contributed by atoms with E-state index in [1.54, 1.807) is 0 Å². The summed E-state index contributed by atoms with van der Waals surface area (Å²) >= 11 is 0. The molecule has 0 aromatic heterocycles. The normalized spacial score (nSPS) is 16.7. The third-order valence-electron chi connectivity index (χ3n) is 4.70. The van der Waals surface area contributed by atoms with Crippen molar-refractivity contribution in [3.05, 3.63) is 65.7 Å². The van der Waals surface area contributed by atoms with Gasteiger partial charge in [-0.3, -0.25) is 4.90 Å². The lowest BCUT2D eigenvalue weighted by Crippen LogP contribution is -2.38. The van der Waals surface area contributed by atoms with E-state index in [2.05, 4.69) is 21.8 Å². The first-order valence-corrected chi connectivity index (χ1v) is 10.1. The fraction of sp³-hybridized carbons (Fsp3) is 0.368. The minimum absolute atomic E-state index is 0.188. The van der Waals surface area contributed by atoms with Crippen molar-refractivity contribution in [3.8, 4) is 0 Å². The van der Waals surface area contributed by atoms with E-state index in [0.29, 0.717) is 6.07 Å². The highest BCUT2D eigenvalue weighted by Crippen LogP contribution is 2.20. The predicted octanol–water partition coefficient (Wildman–Crippen LogP) is 3.16. The molecule has 1 aliphatic rings. The van der Waals surface area contributed by atoms with Gasteiger partial charge < -0.3 is 0 Å². The fourth-order valence-electron chi connectivity index (χ4n) is 3.18. The minimum Gasteiger partial charge on any atom is -0.299 e. The molecule has 140 valence electrons. The molecule has 7 heteroatoms. The molecular formula is C19H22F2N2O2S. The Morgan fingerprint density at radius 1 is 1.04 bits per heavy atom. The number of hydrogen-bond donors (Lipinski definition) is 1. The predicted molar refractivity (Wildman–Crippen MR) is 96.0 cm³/mol. The van der Waals surface area contributed by atoms with Crippen molar-refractivity contribution in [2.45, 2.75) is 24.3 Å². The molecule has 4 nitrogen and oxygen atoms in total. The zero-order valence-corrected chi connectivity index (χ0v) is 15.2. The van der Waals surface area contributed by atoms with Crippen LogP contribution in [-0.2, 0) is 16.6 Å². The van der Waals surface area contributed by atoms with Gasteiger partial charge in [0.2, 0.25) is 10.0 Å². The molecule has 26 heavy (non-hydrogen) atoms. The third kappa shape index (κ3) is 4.87. The molecule has 2 aromatic carbocycles. The Balaban J connectivity index is 1.51. The number of sulfonamides is 1. The second kappa shape index (κ2) is 8.24. The maximum atomic E-state index is 13.7. The quantitative estimate of drug-likeness (QED) is 0.838. The number of hydrogen-bond acceptors (Lipinski definition) is 3. The number of nitrogens with one attached hydrogen (secondary N) is 1. The summed E-state index contributed by atoms with van der Waals surface area (Å²) in [6.07, 6.45) is 1.72. The fourth-order valence-corrected chi connectivity index (χ4v) is 4.38. The first-order valence-electron chi connectivity index (χ1n) is 8.65. The van der Waals surface area contributed by atoms with Crippen molar-refractivity contribution in [2.24, 2.45) is 5.92 Å². The van der Waals surface area contributed by atoms with Gasteiger partial charge in [-0.25, -0.2) is 21.9 Å². The Bertz CT molecular complexity index is 836. The lowest BCUT2D eigenvalue weighted by molar-refractivity contribution is 0.178. The lowest BCUT2D eigenvalue weighted by Gasteiger charge is -2.32. The van der Waals surface area contributed by atoms with Crippen LogP contribution in [0.5, 0.6) is 0 Å². The number of likely N-dealkylation sites (tertiary alicyclic amines) is 1. The maximum absolute atomic E-state index is 13.7. The summed E-state index contributed by atoms with van der Waals surface area (Å²) in [6.45, 7) is 2.89. The van der Waals surface area contributed by atoms with Gasteiger partial charge in [-0.2, -0.15) is 0 Å². The zero-order chi connectivity index (χ0) is 18.6. The van der Waals surface area contributed by atoms with Gasteiger partial charge in [0.1, 0.15) is 16.5 Å². The van der Waals surface area contributed by atoms with Crippen LogP contribution in [0.3, 0.4) is 0 Å². The summed E-state index contributed by atoms with van der Waals surface area (Å²) in [4.78, 5) is 1.70. The van der Waals surface area contributed by atoms with E-state index in [-0.39, 0.29) is 12.5 Å². The van der Waals surface area contributed by atoms with Crippen molar-refractivity contribution >= 4 is 10.0 Å². The Labute approximate surface area is 152 Å². The van der Waals surface area contributed by atoms with Crippen LogP contribution in [0.2, 0.25) is 0 Å². The molecule has 3 rings (SSSR count). The first kappa shape index (κ1) is 18.9. The van der Waals surface area contributed by atoms with E-state index < -0.39 is 26.6 Å². The SMILES string of the molecule is O=S(=O)(NCC1CCN(Cc2ccccc2)CC1)c1cc(F)ccc1F. The number of piperidine rings is 1. The first-order chi connectivity index (χ1) is 12.4. The lowest BCUT2D eigenvalue weighted by atomic mass is 9.97.